The van der Waals surface area contributed by atoms with Crippen LogP contribution in [0, 0.1) is 5.92 Å². The highest BCUT2D eigenvalue weighted by molar-refractivity contribution is 5.81. The van der Waals surface area contributed by atoms with E-state index in [1.807, 2.05) is 0 Å². The fraction of sp³-hybridized carbons (Fsp3) is 0.889. The van der Waals surface area contributed by atoms with E-state index < -0.39 is 6.04 Å². The Labute approximate surface area is 308 Å². The Kier molecular flexibility index (Phi) is 40.3. The molecule has 0 bridgehead atoms. The molecule has 49 heavy (non-hydrogen) atoms. The second kappa shape index (κ2) is 41.3. The van der Waals surface area contributed by atoms with E-state index in [0.29, 0.717) is 12.5 Å². The van der Waals surface area contributed by atoms with Crippen molar-refractivity contribution in [3.8, 4) is 0 Å². The molecule has 0 spiro atoms. The molecule has 0 aliphatic carbocycles. The van der Waals surface area contributed by atoms with E-state index in [1.165, 1.54) is 199 Å². The molecule has 0 aromatic carbocycles. The van der Waals surface area contributed by atoms with E-state index in [1.54, 1.807) is 0 Å². The van der Waals surface area contributed by atoms with Gasteiger partial charge in [0.15, 0.2) is 0 Å². The Balaban J connectivity index is 4.05. The molecule has 0 heterocycles. The summed E-state index contributed by atoms with van der Waals surface area (Å²) < 4.78 is 0. The normalized spacial score (nSPS) is 13.1. The Morgan fingerprint density at radius 1 is 0.469 bits per heavy atom. The lowest BCUT2D eigenvalue weighted by molar-refractivity contribution is -0.122. The fourth-order valence-electron chi connectivity index (χ4n) is 6.90. The van der Waals surface area contributed by atoms with Crippen molar-refractivity contribution in [2.45, 2.75) is 238 Å². The van der Waals surface area contributed by atoms with E-state index in [0.717, 1.165) is 25.8 Å². The molecule has 4 nitrogen and oxygen atoms in total. The first kappa shape index (κ1) is 47.9. The van der Waals surface area contributed by atoms with Gasteiger partial charge in [-0.1, -0.05) is 179 Å². The topological polar surface area (TPSA) is 81.1 Å². The first-order valence-electron chi connectivity index (χ1n) is 22.2. The van der Waals surface area contributed by atoms with Crippen molar-refractivity contribution >= 4 is 5.91 Å². The van der Waals surface area contributed by atoms with Gasteiger partial charge in [-0.3, -0.25) is 4.79 Å². The number of rotatable bonds is 40. The molecule has 0 radical (unpaired) electrons. The van der Waals surface area contributed by atoms with E-state index in [4.69, 9.17) is 11.5 Å². The van der Waals surface area contributed by atoms with Crippen LogP contribution in [0.4, 0.5) is 0 Å². The van der Waals surface area contributed by atoms with Crippen molar-refractivity contribution in [2.24, 2.45) is 17.4 Å². The number of allylic oxidation sites excluding steroid dienone is 4. The van der Waals surface area contributed by atoms with Crippen molar-refractivity contribution in [2.75, 3.05) is 13.1 Å². The molecule has 1 amide bonds. The van der Waals surface area contributed by atoms with Crippen molar-refractivity contribution in [1.82, 2.24) is 5.32 Å². The SMILES string of the molecule is CCCCCCCC/C=C\CCCCCCCCCC(CCCCCCCC/C=C\CCCCCCCC)CNC(=O)[C@@H](N)CCCCN. The van der Waals surface area contributed by atoms with Crippen LogP contribution in [0.5, 0.6) is 0 Å². The highest BCUT2D eigenvalue weighted by atomic mass is 16.2. The number of carbonyl (C=O) groups is 1. The third-order valence-corrected chi connectivity index (χ3v) is 10.4. The van der Waals surface area contributed by atoms with Crippen molar-refractivity contribution < 1.29 is 4.79 Å². The first-order chi connectivity index (χ1) is 24.2. The van der Waals surface area contributed by atoms with Crippen LogP contribution < -0.4 is 16.8 Å². The monoisotopic (exact) mass is 688 g/mol. The minimum atomic E-state index is -0.395. The Morgan fingerprint density at radius 2 is 0.796 bits per heavy atom. The molecule has 0 aliphatic rings. The van der Waals surface area contributed by atoms with Gasteiger partial charge in [-0.15, -0.1) is 0 Å². The van der Waals surface area contributed by atoms with Gasteiger partial charge in [0.05, 0.1) is 6.04 Å². The molecule has 0 rings (SSSR count). The van der Waals surface area contributed by atoms with Gasteiger partial charge in [0.25, 0.3) is 0 Å². The highest BCUT2D eigenvalue weighted by Gasteiger charge is 2.15. The van der Waals surface area contributed by atoms with E-state index in [9.17, 15) is 4.79 Å². The average molecular weight is 688 g/mol. The summed E-state index contributed by atoms with van der Waals surface area (Å²) in [7, 11) is 0. The summed E-state index contributed by atoms with van der Waals surface area (Å²) in [6, 6.07) is -0.395. The van der Waals surface area contributed by atoms with Gasteiger partial charge < -0.3 is 16.8 Å². The predicted molar refractivity (Wildman–Crippen MR) is 220 cm³/mol. The lowest BCUT2D eigenvalue weighted by atomic mass is 9.93. The lowest BCUT2D eigenvalue weighted by Crippen LogP contribution is -2.42. The number of carbonyl (C=O) groups excluding carboxylic acids is 1. The molecule has 290 valence electrons. The van der Waals surface area contributed by atoms with Crippen LogP contribution in [0.1, 0.15) is 232 Å². The maximum Gasteiger partial charge on any atom is 0.236 e. The maximum atomic E-state index is 12.6. The zero-order valence-electron chi connectivity index (χ0n) is 33.5. The van der Waals surface area contributed by atoms with Gasteiger partial charge in [-0.2, -0.15) is 0 Å². The van der Waals surface area contributed by atoms with Gasteiger partial charge in [0.2, 0.25) is 5.91 Å². The molecule has 5 N–H and O–H groups in total. The van der Waals surface area contributed by atoms with E-state index >= 15 is 0 Å². The van der Waals surface area contributed by atoms with Crippen LogP contribution >= 0.6 is 0 Å². The summed E-state index contributed by atoms with van der Waals surface area (Å²) in [6.45, 7) is 6.04. The van der Waals surface area contributed by atoms with Crippen LogP contribution in [-0.2, 0) is 4.79 Å². The maximum absolute atomic E-state index is 12.6. The molecule has 0 aliphatic heterocycles. The Hall–Kier alpha value is -1.13. The van der Waals surface area contributed by atoms with Gasteiger partial charge in [-0.25, -0.2) is 0 Å². The molecule has 0 saturated carbocycles. The fourth-order valence-corrected chi connectivity index (χ4v) is 6.90. The second-order valence-corrected chi connectivity index (χ2v) is 15.3. The molecule has 0 aromatic rings. The predicted octanol–water partition coefficient (Wildman–Crippen LogP) is 13.4. The minimum Gasteiger partial charge on any atom is -0.354 e. The minimum absolute atomic E-state index is 0.0281. The van der Waals surface area contributed by atoms with Crippen LogP contribution in [0.2, 0.25) is 0 Å². The molecular formula is C45H89N3O. The highest BCUT2D eigenvalue weighted by Crippen LogP contribution is 2.20. The van der Waals surface area contributed by atoms with Crippen LogP contribution in [0.3, 0.4) is 0 Å². The average Bonchev–Trinajstić information content (AvgIpc) is 3.11. The number of hydrogen-bond donors (Lipinski definition) is 3. The van der Waals surface area contributed by atoms with Gasteiger partial charge >= 0.3 is 0 Å². The van der Waals surface area contributed by atoms with Gasteiger partial charge in [0.1, 0.15) is 0 Å². The Bertz CT molecular complexity index is 705. The number of amides is 1. The second-order valence-electron chi connectivity index (χ2n) is 15.3. The number of unbranched alkanes of at least 4 members (excludes halogenated alkanes) is 26. The van der Waals surface area contributed by atoms with Gasteiger partial charge in [0, 0.05) is 6.54 Å². The van der Waals surface area contributed by atoms with Crippen LogP contribution in [0.25, 0.3) is 0 Å². The third kappa shape index (κ3) is 37.9. The molecular weight excluding hydrogens is 599 g/mol. The van der Waals surface area contributed by atoms with E-state index in [2.05, 4.69) is 43.5 Å². The quantitative estimate of drug-likeness (QED) is 0.0443. The summed E-state index contributed by atoms with van der Waals surface area (Å²) in [5, 5.41) is 3.21. The molecule has 1 unspecified atom stereocenters. The molecule has 4 heteroatoms. The number of nitrogens with two attached hydrogens (primary N) is 2. The molecule has 0 aromatic heterocycles. The third-order valence-electron chi connectivity index (χ3n) is 10.4. The lowest BCUT2D eigenvalue weighted by Gasteiger charge is -2.19. The summed E-state index contributed by atoms with van der Waals surface area (Å²) in [5.74, 6) is 0.611. The van der Waals surface area contributed by atoms with Crippen LogP contribution in [-0.4, -0.2) is 25.0 Å². The number of nitrogens with one attached hydrogen (secondary N) is 1. The summed E-state index contributed by atoms with van der Waals surface area (Å²) in [5.41, 5.74) is 11.8. The van der Waals surface area contributed by atoms with E-state index in [-0.39, 0.29) is 5.91 Å². The smallest absolute Gasteiger partial charge is 0.236 e. The van der Waals surface area contributed by atoms with Crippen molar-refractivity contribution in [3.63, 3.8) is 0 Å². The van der Waals surface area contributed by atoms with Gasteiger partial charge in [-0.05, 0) is 89.5 Å². The summed E-state index contributed by atoms with van der Waals surface area (Å²) in [4.78, 5) is 12.6. The summed E-state index contributed by atoms with van der Waals surface area (Å²) >= 11 is 0. The first-order valence-corrected chi connectivity index (χ1v) is 22.2. The zero-order chi connectivity index (χ0) is 35.7. The van der Waals surface area contributed by atoms with Crippen LogP contribution in [0.15, 0.2) is 24.3 Å². The molecule has 0 fully saturated rings. The largest absolute Gasteiger partial charge is 0.354 e. The standard InChI is InChI=1S/C45H89N3O/c1-3-5-7-9-11-13-15-17-19-21-23-25-27-29-31-33-35-39-43(42-48-45(49)44(47)40-36-37-41-46)38-34-32-30-28-26-24-22-20-18-16-14-12-10-8-6-4-2/h17-20,43-44H,3-16,21-42,46-47H2,1-2H3,(H,48,49)/b19-17-,20-18-/t43?,44-/m0/s1. The van der Waals surface area contributed by atoms with Crippen molar-refractivity contribution in [3.05, 3.63) is 24.3 Å². The Morgan fingerprint density at radius 3 is 1.16 bits per heavy atom. The molecule has 2 atom stereocenters. The number of hydrogen-bond acceptors (Lipinski definition) is 3. The molecule has 0 saturated heterocycles. The van der Waals surface area contributed by atoms with Crippen molar-refractivity contribution in [1.29, 1.82) is 0 Å². The summed E-state index contributed by atoms with van der Waals surface area (Å²) in [6.07, 6.45) is 54.0. The zero-order valence-corrected chi connectivity index (χ0v) is 33.5.